The van der Waals surface area contributed by atoms with Crippen molar-refractivity contribution in [2.24, 2.45) is 0 Å². The van der Waals surface area contributed by atoms with E-state index >= 15 is 0 Å². The van der Waals surface area contributed by atoms with E-state index in [1.54, 1.807) is 19.1 Å². The van der Waals surface area contributed by atoms with Crippen LogP contribution in [-0.2, 0) is 6.61 Å². The number of rotatable bonds is 8. The predicted octanol–water partition coefficient (Wildman–Crippen LogP) is 3.77. The molecule has 1 unspecified atom stereocenters. The summed E-state index contributed by atoms with van der Waals surface area (Å²) in [5, 5.41) is 17.5. The molecule has 0 aliphatic rings. The molecule has 0 spiro atoms. The van der Waals surface area contributed by atoms with Gasteiger partial charge >= 0.3 is 0 Å². The summed E-state index contributed by atoms with van der Waals surface area (Å²) in [6.45, 7) is 8.64. The van der Waals surface area contributed by atoms with Crippen LogP contribution in [0.15, 0.2) is 28.8 Å². The minimum atomic E-state index is -0.626. The molecule has 2 aromatic rings. The van der Waals surface area contributed by atoms with Gasteiger partial charge < -0.3 is 24.4 Å². The zero-order valence-electron chi connectivity index (χ0n) is 15.4. The van der Waals surface area contributed by atoms with Gasteiger partial charge in [0.25, 0.3) is 0 Å². The van der Waals surface area contributed by atoms with Gasteiger partial charge in [-0.2, -0.15) is 0 Å². The van der Waals surface area contributed by atoms with Gasteiger partial charge in [0.1, 0.15) is 17.7 Å². The summed E-state index contributed by atoms with van der Waals surface area (Å²) in [6, 6.07) is 7.25. The minimum absolute atomic E-state index is 0. The van der Waals surface area contributed by atoms with Gasteiger partial charge in [-0.25, -0.2) is 0 Å². The Kier molecular flexibility index (Phi) is 8.70. The lowest BCUT2D eigenvalue weighted by Gasteiger charge is -2.23. The van der Waals surface area contributed by atoms with Crippen LogP contribution in [0.4, 0.5) is 0 Å². The summed E-state index contributed by atoms with van der Waals surface area (Å²) in [5.41, 5.74) is 0.565. The van der Waals surface area contributed by atoms with Crippen molar-refractivity contribution >= 4 is 24.0 Å². The minimum Gasteiger partial charge on any atom is -0.487 e. The van der Waals surface area contributed by atoms with Crippen LogP contribution in [0.2, 0.25) is 5.02 Å². The Morgan fingerprint density at radius 1 is 1.23 bits per heavy atom. The van der Waals surface area contributed by atoms with Crippen molar-refractivity contribution in [3.05, 3.63) is 40.7 Å². The Labute approximate surface area is 165 Å². The highest BCUT2D eigenvalue weighted by molar-refractivity contribution is 6.31. The van der Waals surface area contributed by atoms with E-state index in [4.69, 9.17) is 25.6 Å². The molecule has 0 saturated heterocycles. The second kappa shape index (κ2) is 10.0. The first kappa shape index (κ1) is 22.6. The Hall–Kier alpha value is -1.47. The second-order valence-electron chi connectivity index (χ2n) is 6.84. The third-order valence-electron chi connectivity index (χ3n) is 3.36. The van der Waals surface area contributed by atoms with Crippen LogP contribution < -0.4 is 14.8 Å². The monoisotopic (exact) mass is 404 g/mol. The number of aromatic nitrogens is 1. The van der Waals surface area contributed by atoms with Gasteiger partial charge in [-0.15, -0.1) is 12.4 Å². The first-order chi connectivity index (χ1) is 11.8. The molecule has 1 aromatic heterocycles. The Morgan fingerprint density at radius 2 is 1.85 bits per heavy atom. The third kappa shape index (κ3) is 7.03. The number of nitrogens with zero attached hydrogens (tertiary/aromatic N) is 1. The molecule has 0 amide bonds. The summed E-state index contributed by atoms with van der Waals surface area (Å²) >= 11 is 6.08. The van der Waals surface area contributed by atoms with E-state index < -0.39 is 6.10 Å². The van der Waals surface area contributed by atoms with Crippen LogP contribution in [0, 0.1) is 6.92 Å². The van der Waals surface area contributed by atoms with Crippen LogP contribution in [0.25, 0.3) is 0 Å². The number of aliphatic hydroxyl groups is 1. The lowest BCUT2D eigenvalue weighted by Crippen LogP contribution is -2.42. The van der Waals surface area contributed by atoms with Gasteiger partial charge in [-0.05, 0) is 39.8 Å². The standard InChI is InChI=1S/C18H25ClN2O4.ClH/c1-12-17(19)16(25-21-12)11-24-15-8-6-5-7-14(15)23-10-13(22)9-20-18(2,3)4;/h5-8,13,20,22H,9-11H2,1-4H3;1H. The maximum absolute atomic E-state index is 10.0. The first-order valence-electron chi connectivity index (χ1n) is 8.14. The Balaban J connectivity index is 0.00000338. The normalized spacial score (nSPS) is 12.4. The van der Waals surface area contributed by atoms with Crippen molar-refractivity contribution in [2.75, 3.05) is 13.2 Å². The third-order valence-corrected chi connectivity index (χ3v) is 3.85. The molecule has 146 valence electrons. The van der Waals surface area contributed by atoms with Crippen molar-refractivity contribution in [3.8, 4) is 11.5 Å². The molecule has 8 heteroatoms. The molecular formula is C18H26Cl2N2O4. The van der Waals surface area contributed by atoms with Crippen molar-refractivity contribution in [2.45, 2.75) is 45.9 Å². The first-order valence-corrected chi connectivity index (χ1v) is 8.52. The number of hydrogen-bond acceptors (Lipinski definition) is 6. The van der Waals surface area contributed by atoms with E-state index in [0.717, 1.165) is 0 Å². The van der Waals surface area contributed by atoms with Gasteiger partial charge in [-0.3, -0.25) is 0 Å². The Morgan fingerprint density at radius 3 is 2.38 bits per heavy atom. The van der Waals surface area contributed by atoms with E-state index in [0.29, 0.717) is 34.5 Å². The maximum Gasteiger partial charge on any atom is 0.192 e. The summed E-state index contributed by atoms with van der Waals surface area (Å²) in [7, 11) is 0. The van der Waals surface area contributed by atoms with Crippen LogP contribution in [-0.4, -0.2) is 35.1 Å². The zero-order valence-corrected chi connectivity index (χ0v) is 17.0. The summed E-state index contributed by atoms with van der Waals surface area (Å²) < 4.78 is 16.5. The van der Waals surface area contributed by atoms with Crippen LogP contribution in [0.5, 0.6) is 11.5 Å². The lowest BCUT2D eigenvalue weighted by molar-refractivity contribution is 0.0974. The molecule has 0 bridgehead atoms. The fourth-order valence-electron chi connectivity index (χ4n) is 2.00. The molecule has 2 N–H and O–H groups in total. The van der Waals surface area contributed by atoms with Crippen LogP contribution in [0.1, 0.15) is 32.2 Å². The number of β-amino-alcohol motifs (C(OH)–C–C–N with tert-alkyl or cyclic N) is 1. The van der Waals surface area contributed by atoms with Crippen molar-refractivity contribution in [3.63, 3.8) is 0 Å². The average molecular weight is 405 g/mol. The molecule has 2 rings (SSSR count). The number of ether oxygens (including phenoxy) is 2. The van der Waals surface area contributed by atoms with Gasteiger partial charge in [-0.1, -0.05) is 28.9 Å². The smallest absolute Gasteiger partial charge is 0.192 e. The van der Waals surface area contributed by atoms with E-state index in [-0.39, 0.29) is 31.2 Å². The number of para-hydroxylation sites is 2. The van der Waals surface area contributed by atoms with E-state index in [2.05, 4.69) is 10.5 Å². The summed E-state index contributed by atoms with van der Waals surface area (Å²) in [6.07, 6.45) is -0.626. The second-order valence-corrected chi connectivity index (χ2v) is 7.21. The summed E-state index contributed by atoms with van der Waals surface area (Å²) in [5.74, 6) is 1.55. The highest BCUT2D eigenvalue weighted by Gasteiger charge is 2.15. The molecule has 6 nitrogen and oxygen atoms in total. The molecule has 26 heavy (non-hydrogen) atoms. The van der Waals surface area contributed by atoms with Crippen LogP contribution >= 0.6 is 24.0 Å². The summed E-state index contributed by atoms with van der Waals surface area (Å²) in [4.78, 5) is 0. The topological polar surface area (TPSA) is 76.8 Å². The lowest BCUT2D eigenvalue weighted by atomic mass is 10.1. The SMILES string of the molecule is Cc1noc(COc2ccccc2OCC(O)CNC(C)(C)C)c1Cl.Cl. The van der Waals surface area contributed by atoms with E-state index in [9.17, 15) is 5.11 Å². The maximum atomic E-state index is 10.0. The molecule has 0 aliphatic heterocycles. The molecule has 0 saturated carbocycles. The van der Waals surface area contributed by atoms with Gasteiger partial charge in [0.05, 0.1) is 5.69 Å². The highest BCUT2D eigenvalue weighted by atomic mass is 35.5. The number of hydrogen-bond donors (Lipinski definition) is 2. The van der Waals surface area contributed by atoms with Crippen molar-refractivity contribution in [1.29, 1.82) is 0 Å². The Bertz CT molecular complexity index is 686. The quantitative estimate of drug-likeness (QED) is 0.697. The van der Waals surface area contributed by atoms with Gasteiger partial charge in [0.15, 0.2) is 23.9 Å². The molecule has 0 radical (unpaired) electrons. The van der Waals surface area contributed by atoms with Crippen molar-refractivity contribution in [1.82, 2.24) is 10.5 Å². The number of nitrogens with one attached hydrogen (secondary N) is 1. The van der Waals surface area contributed by atoms with Gasteiger partial charge in [0, 0.05) is 12.1 Å². The predicted molar refractivity (Wildman–Crippen MR) is 104 cm³/mol. The average Bonchev–Trinajstić information content (AvgIpc) is 2.88. The number of benzene rings is 1. The molecule has 1 aromatic carbocycles. The van der Waals surface area contributed by atoms with Gasteiger partial charge in [0.2, 0.25) is 0 Å². The number of aryl methyl sites for hydroxylation is 1. The van der Waals surface area contributed by atoms with Crippen molar-refractivity contribution < 1.29 is 19.1 Å². The largest absolute Gasteiger partial charge is 0.487 e. The molecule has 0 aliphatic carbocycles. The fourth-order valence-corrected chi connectivity index (χ4v) is 2.12. The molecular weight excluding hydrogens is 379 g/mol. The number of halogens is 2. The molecule has 1 heterocycles. The van der Waals surface area contributed by atoms with E-state index in [1.165, 1.54) is 0 Å². The van der Waals surface area contributed by atoms with Crippen LogP contribution in [0.3, 0.4) is 0 Å². The van der Waals surface area contributed by atoms with E-state index in [1.807, 2.05) is 32.9 Å². The highest BCUT2D eigenvalue weighted by Crippen LogP contribution is 2.29. The molecule has 1 atom stereocenters. The zero-order chi connectivity index (χ0) is 18.4. The number of aliphatic hydroxyl groups excluding tert-OH is 1. The fraction of sp³-hybridized carbons (Fsp3) is 0.500. The molecule has 0 fully saturated rings.